The van der Waals surface area contributed by atoms with Crippen molar-refractivity contribution in [2.45, 2.75) is 111 Å². The summed E-state index contributed by atoms with van der Waals surface area (Å²) in [6.45, 7) is 9.33. The molecule has 0 aromatic rings. The van der Waals surface area contributed by atoms with Crippen LogP contribution in [0, 0.1) is 0 Å². The van der Waals surface area contributed by atoms with Gasteiger partial charge in [-0.2, -0.15) is 0 Å². The molecule has 0 radical (unpaired) electrons. The van der Waals surface area contributed by atoms with E-state index in [4.69, 9.17) is 0 Å². The Labute approximate surface area is 181 Å². The normalized spacial score (nSPS) is 26.5. The number of rotatable bonds is 14. The zero-order chi connectivity index (χ0) is 19.6. The summed E-state index contributed by atoms with van der Waals surface area (Å²) >= 11 is -0.686. The zero-order valence-electron chi connectivity index (χ0n) is 18.4. The fourth-order valence-electron chi connectivity index (χ4n) is 4.40. The van der Waals surface area contributed by atoms with Gasteiger partial charge in [0.2, 0.25) is 0 Å². The monoisotopic (exact) mass is 444 g/mol. The van der Waals surface area contributed by atoms with Crippen LogP contribution in [0.4, 0.5) is 0 Å². The van der Waals surface area contributed by atoms with Crippen molar-refractivity contribution < 1.29 is 23.2 Å². The minimum atomic E-state index is -0.686. The van der Waals surface area contributed by atoms with Gasteiger partial charge in [-0.1, -0.05) is 0 Å². The third-order valence-electron chi connectivity index (χ3n) is 6.07. The van der Waals surface area contributed by atoms with Gasteiger partial charge in [0.15, 0.2) is 0 Å². The van der Waals surface area contributed by atoms with Gasteiger partial charge in [0.1, 0.15) is 0 Å². The molecule has 0 spiro atoms. The Morgan fingerprint density at radius 2 is 1.04 bits per heavy atom. The summed E-state index contributed by atoms with van der Waals surface area (Å²) in [7, 11) is 0. The van der Waals surface area contributed by atoms with E-state index in [9.17, 15) is 0 Å². The van der Waals surface area contributed by atoms with Gasteiger partial charge < -0.3 is 0 Å². The Hall–Kier alpha value is -0.157. The number of hydrogen-bond donors (Lipinski definition) is 0. The topological polar surface area (TPSA) is 0 Å². The summed E-state index contributed by atoms with van der Waals surface area (Å²) in [5.74, 6) is 0. The first kappa shape index (κ1) is 23.1. The van der Waals surface area contributed by atoms with Crippen molar-refractivity contribution in [2.24, 2.45) is 0 Å². The van der Waals surface area contributed by atoms with Gasteiger partial charge in [0, 0.05) is 0 Å². The Balaban J connectivity index is 2.21. The van der Waals surface area contributed by atoms with Crippen molar-refractivity contribution in [2.75, 3.05) is 0 Å². The van der Waals surface area contributed by atoms with Crippen molar-refractivity contribution in [3.63, 3.8) is 0 Å². The summed E-state index contributed by atoms with van der Waals surface area (Å²) in [4.78, 5) is 0. The molecule has 0 nitrogen and oxygen atoms in total. The Morgan fingerprint density at radius 3 is 1.41 bits per heavy atom. The molecule has 2 aliphatic rings. The molecule has 0 aromatic heterocycles. The van der Waals surface area contributed by atoms with Crippen molar-refractivity contribution in [1.82, 2.24) is 0 Å². The summed E-state index contributed by atoms with van der Waals surface area (Å²) in [6, 6.07) is 0. The van der Waals surface area contributed by atoms with Crippen LogP contribution >= 0.6 is 0 Å². The van der Waals surface area contributed by atoms with Gasteiger partial charge in [-0.3, -0.25) is 0 Å². The number of allylic oxidation sites excluding steroid dienone is 8. The molecule has 0 saturated carbocycles. The second kappa shape index (κ2) is 11.8. The standard InChI is InChI=1S/2C13H21.Zr/c2*1-3-5-7-12-9-10-13(11-12)8-6-4-2;/h2*9-11H,3-8H2,1-2H3;. The van der Waals surface area contributed by atoms with E-state index in [-0.39, 0.29) is 0 Å². The number of hydrogen-bond acceptors (Lipinski definition) is 0. The molecule has 2 atom stereocenters. The quantitative estimate of drug-likeness (QED) is 0.250. The molecule has 2 rings (SSSR count). The van der Waals surface area contributed by atoms with E-state index in [1.165, 1.54) is 77.0 Å². The molecule has 0 heterocycles. The van der Waals surface area contributed by atoms with Gasteiger partial charge in [0.05, 0.1) is 0 Å². The average molecular weight is 446 g/mol. The van der Waals surface area contributed by atoms with Crippen LogP contribution in [0.2, 0.25) is 6.25 Å². The predicted molar refractivity (Wildman–Crippen MR) is 118 cm³/mol. The summed E-state index contributed by atoms with van der Waals surface area (Å²) in [6.07, 6.45) is 31.8. The van der Waals surface area contributed by atoms with Crippen LogP contribution in [-0.4, -0.2) is 0 Å². The maximum absolute atomic E-state index is 2.74. The van der Waals surface area contributed by atoms with Crippen LogP contribution in [0.5, 0.6) is 0 Å². The van der Waals surface area contributed by atoms with Crippen molar-refractivity contribution in [3.05, 3.63) is 47.6 Å². The van der Waals surface area contributed by atoms with E-state index in [2.05, 4.69) is 64.2 Å². The fraction of sp³-hybridized carbons (Fsp3) is 0.692. The molecule has 2 unspecified atom stereocenters. The van der Waals surface area contributed by atoms with Crippen LogP contribution in [0.1, 0.15) is 105 Å². The summed E-state index contributed by atoms with van der Waals surface area (Å²) < 4.78 is 0.911. The number of unbranched alkanes of at least 4 members (excludes halogenated alkanes) is 4. The van der Waals surface area contributed by atoms with E-state index >= 15 is 0 Å². The molecule has 2 aliphatic carbocycles. The van der Waals surface area contributed by atoms with Crippen molar-refractivity contribution in [3.8, 4) is 0 Å². The maximum atomic E-state index is 2.74. The molecule has 0 aromatic carbocycles. The Morgan fingerprint density at radius 1 is 0.630 bits per heavy atom. The van der Waals surface area contributed by atoms with Gasteiger partial charge in [-0.25, -0.2) is 0 Å². The second-order valence-corrected chi connectivity index (χ2v) is 13.9. The molecular weight excluding hydrogens is 404 g/mol. The van der Waals surface area contributed by atoms with E-state index in [1.807, 2.05) is 0 Å². The van der Waals surface area contributed by atoms with E-state index in [1.54, 1.807) is 11.1 Å². The van der Waals surface area contributed by atoms with Gasteiger partial charge in [-0.05, 0) is 0 Å². The first-order valence-corrected chi connectivity index (χ1v) is 14.2. The Bertz CT molecular complexity index is 515. The zero-order valence-corrected chi connectivity index (χ0v) is 20.9. The molecule has 27 heavy (non-hydrogen) atoms. The van der Waals surface area contributed by atoms with E-state index in [0.29, 0.717) is 6.25 Å². The van der Waals surface area contributed by atoms with Gasteiger partial charge in [0.25, 0.3) is 0 Å². The van der Waals surface area contributed by atoms with Gasteiger partial charge in [-0.15, -0.1) is 0 Å². The molecule has 150 valence electrons. The molecule has 0 amide bonds. The molecule has 0 saturated heterocycles. The van der Waals surface area contributed by atoms with E-state index in [0.717, 1.165) is 0 Å². The first-order chi connectivity index (χ1) is 13.1. The van der Waals surface area contributed by atoms with Crippen LogP contribution < -0.4 is 0 Å². The molecule has 0 N–H and O–H groups in total. The van der Waals surface area contributed by atoms with Gasteiger partial charge >= 0.3 is 182 Å². The van der Waals surface area contributed by atoms with Crippen LogP contribution in [0.3, 0.4) is 0 Å². The summed E-state index contributed by atoms with van der Waals surface area (Å²) in [5, 5.41) is 0. The van der Waals surface area contributed by atoms with Crippen molar-refractivity contribution in [1.29, 1.82) is 0 Å². The SMILES string of the molecule is CCCCC1=C[C](CCCC)([Zr][C]2(CCCC)C=CC(CCCC)=C2)C=C1. The first-order valence-electron chi connectivity index (χ1n) is 11.7. The Kier molecular flexibility index (Phi) is 10.1. The van der Waals surface area contributed by atoms with Crippen LogP contribution in [0.25, 0.3) is 0 Å². The average Bonchev–Trinajstić information content (AvgIpc) is 3.26. The fourth-order valence-corrected chi connectivity index (χ4v) is 10.1. The predicted octanol–water partition coefficient (Wildman–Crippen LogP) is 9.14. The minimum absolute atomic E-state index is 0.456. The molecule has 0 aliphatic heterocycles. The molecular formula is C26H42Zr. The molecule has 0 fully saturated rings. The van der Waals surface area contributed by atoms with Crippen LogP contribution in [-0.2, 0) is 23.2 Å². The van der Waals surface area contributed by atoms with Crippen molar-refractivity contribution >= 4 is 0 Å². The van der Waals surface area contributed by atoms with Crippen LogP contribution in [0.15, 0.2) is 47.6 Å². The molecule has 1 heteroatoms. The molecule has 0 bridgehead atoms. The van der Waals surface area contributed by atoms with E-state index < -0.39 is 23.2 Å². The summed E-state index contributed by atoms with van der Waals surface area (Å²) in [5.41, 5.74) is 3.27. The third-order valence-corrected chi connectivity index (χ3v) is 11.1. The second-order valence-electron chi connectivity index (χ2n) is 8.73. The third kappa shape index (κ3) is 6.99.